The van der Waals surface area contributed by atoms with Gasteiger partial charge >= 0.3 is 0 Å². The minimum atomic E-state index is -0.549. The number of nitrogens with two attached hydrogens (primary N) is 1. The molecule has 0 amide bonds. The number of carbonyl (C=O) groups is 1. The Labute approximate surface area is 111 Å². The minimum Gasteiger partial charge on any atom is -0.388 e. The Kier molecular flexibility index (Phi) is 3.44. The Morgan fingerprint density at radius 1 is 1.47 bits per heavy atom. The number of aliphatic hydroxyl groups is 1. The van der Waals surface area contributed by atoms with Crippen molar-refractivity contribution in [2.24, 2.45) is 0 Å². The van der Waals surface area contributed by atoms with Gasteiger partial charge in [0, 0.05) is 29.6 Å². The van der Waals surface area contributed by atoms with E-state index in [4.69, 9.17) is 10.9 Å². The third-order valence-corrected chi connectivity index (χ3v) is 3.13. The van der Waals surface area contributed by atoms with Gasteiger partial charge in [-0.25, -0.2) is 0 Å². The van der Waals surface area contributed by atoms with Crippen LogP contribution in [0.5, 0.6) is 0 Å². The van der Waals surface area contributed by atoms with Gasteiger partial charge in [-0.3, -0.25) is 14.2 Å². The third-order valence-electron chi connectivity index (χ3n) is 3.13. The topological polar surface area (TPSA) is 86.1 Å². The van der Waals surface area contributed by atoms with Gasteiger partial charge in [0.05, 0.1) is 6.20 Å². The number of ketones is 1. The lowest BCUT2D eigenvalue weighted by Crippen LogP contribution is -2.18. The Morgan fingerprint density at radius 3 is 2.68 bits per heavy atom. The van der Waals surface area contributed by atoms with Crippen molar-refractivity contribution in [1.29, 1.82) is 0 Å². The zero-order chi connectivity index (χ0) is 14.2. The summed E-state index contributed by atoms with van der Waals surface area (Å²) in [4.78, 5) is 11.6. The predicted molar refractivity (Wildman–Crippen MR) is 72.3 cm³/mol. The molecular weight excluding hydrogens is 244 g/mol. The van der Waals surface area contributed by atoms with Crippen molar-refractivity contribution in [2.75, 3.05) is 12.4 Å². The summed E-state index contributed by atoms with van der Waals surface area (Å²) in [5, 5.41) is 13.2. The average Bonchev–Trinajstić information content (AvgIpc) is 2.94. The first-order valence-electron chi connectivity index (χ1n) is 6.11. The van der Waals surface area contributed by atoms with Crippen LogP contribution in [0.15, 0.2) is 18.6 Å². The highest BCUT2D eigenvalue weighted by molar-refractivity contribution is 5.98. The van der Waals surface area contributed by atoms with Gasteiger partial charge in [-0.05, 0) is 26.3 Å². The van der Waals surface area contributed by atoms with E-state index < -0.39 is 6.61 Å². The van der Waals surface area contributed by atoms with Crippen LogP contribution in [-0.2, 0) is 0 Å². The first kappa shape index (κ1) is 13.4. The molecule has 0 unspecified atom stereocenters. The highest BCUT2D eigenvalue weighted by Crippen LogP contribution is 2.27. The molecule has 102 valence electrons. The highest BCUT2D eigenvalue weighted by atomic mass is 16.3. The molecule has 2 heterocycles. The normalized spacial score (nSPS) is 11.2. The fourth-order valence-electron chi connectivity index (χ4n) is 2.10. The van der Waals surface area contributed by atoms with E-state index in [0.717, 1.165) is 16.7 Å². The Hall–Kier alpha value is -2.08. The van der Waals surface area contributed by atoms with E-state index in [9.17, 15) is 4.79 Å². The van der Waals surface area contributed by atoms with E-state index in [0.29, 0.717) is 5.69 Å². The SMILES string of the molecule is Cc1c(-c2cnn(C(C)C)c2)cn(N)c1C(=O)CO. The summed E-state index contributed by atoms with van der Waals surface area (Å²) in [5.41, 5.74) is 2.84. The smallest absolute Gasteiger partial charge is 0.206 e. The molecule has 0 aliphatic rings. The van der Waals surface area contributed by atoms with Crippen molar-refractivity contribution >= 4 is 5.78 Å². The highest BCUT2D eigenvalue weighted by Gasteiger charge is 2.19. The molecule has 0 aliphatic carbocycles. The molecule has 3 N–H and O–H groups in total. The third kappa shape index (κ3) is 2.26. The van der Waals surface area contributed by atoms with Gasteiger partial charge in [-0.15, -0.1) is 0 Å². The fraction of sp³-hybridized carbons (Fsp3) is 0.385. The second kappa shape index (κ2) is 4.89. The van der Waals surface area contributed by atoms with E-state index in [2.05, 4.69) is 5.10 Å². The van der Waals surface area contributed by atoms with Crippen LogP contribution in [0.1, 0.15) is 35.9 Å². The first-order chi connectivity index (χ1) is 8.95. The lowest BCUT2D eigenvalue weighted by Gasteiger charge is -2.03. The van der Waals surface area contributed by atoms with Gasteiger partial charge in [-0.2, -0.15) is 5.10 Å². The molecule has 0 bridgehead atoms. The fourth-order valence-corrected chi connectivity index (χ4v) is 2.10. The van der Waals surface area contributed by atoms with Crippen LogP contribution in [0.2, 0.25) is 0 Å². The molecule has 2 aromatic rings. The molecule has 0 spiro atoms. The van der Waals surface area contributed by atoms with Crippen LogP contribution in [0.3, 0.4) is 0 Å². The molecule has 0 aromatic carbocycles. The number of hydrogen-bond donors (Lipinski definition) is 2. The molecule has 0 aliphatic heterocycles. The summed E-state index contributed by atoms with van der Waals surface area (Å²) >= 11 is 0. The van der Waals surface area contributed by atoms with Crippen LogP contribution in [0.4, 0.5) is 0 Å². The lowest BCUT2D eigenvalue weighted by atomic mass is 10.1. The van der Waals surface area contributed by atoms with E-state index in [-0.39, 0.29) is 11.8 Å². The zero-order valence-corrected chi connectivity index (χ0v) is 11.3. The van der Waals surface area contributed by atoms with Crippen molar-refractivity contribution in [3.05, 3.63) is 29.8 Å². The summed E-state index contributed by atoms with van der Waals surface area (Å²) in [6, 6.07) is 0.271. The minimum absolute atomic E-state index is 0.271. The zero-order valence-electron chi connectivity index (χ0n) is 11.3. The van der Waals surface area contributed by atoms with Crippen LogP contribution in [0.25, 0.3) is 11.1 Å². The summed E-state index contributed by atoms with van der Waals surface area (Å²) in [5.74, 6) is 5.39. The second-order valence-electron chi connectivity index (χ2n) is 4.81. The van der Waals surface area contributed by atoms with Crippen molar-refractivity contribution < 1.29 is 9.90 Å². The van der Waals surface area contributed by atoms with Crippen LogP contribution in [-0.4, -0.2) is 32.0 Å². The molecule has 0 saturated carbocycles. The number of nitrogens with zero attached hydrogens (tertiary/aromatic N) is 3. The lowest BCUT2D eigenvalue weighted by molar-refractivity contribution is 0.0895. The summed E-state index contributed by atoms with van der Waals surface area (Å²) in [6.45, 7) is 5.35. The number of hydrogen-bond acceptors (Lipinski definition) is 4. The van der Waals surface area contributed by atoms with Gasteiger partial charge < -0.3 is 10.9 Å². The van der Waals surface area contributed by atoms with E-state index in [1.165, 1.54) is 4.68 Å². The van der Waals surface area contributed by atoms with Crippen molar-refractivity contribution in [2.45, 2.75) is 26.8 Å². The molecule has 2 aromatic heterocycles. The maximum Gasteiger partial charge on any atom is 0.206 e. The number of aliphatic hydroxyl groups excluding tert-OH is 1. The number of aromatic nitrogens is 3. The van der Waals surface area contributed by atoms with Gasteiger partial charge in [0.15, 0.2) is 0 Å². The van der Waals surface area contributed by atoms with Crippen molar-refractivity contribution in [3.8, 4) is 11.1 Å². The van der Waals surface area contributed by atoms with Crippen LogP contribution >= 0.6 is 0 Å². The number of Topliss-reactive ketones (excluding diaryl/α,β-unsaturated/α-hetero) is 1. The van der Waals surface area contributed by atoms with E-state index in [1.807, 2.05) is 31.6 Å². The Bertz CT molecular complexity index is 610. The first-order valence-corrected chi connectivity index (χ1v) is 6.11. The van der Waals surface area contributed by atoms with Crippen molar-refractivity contribution in [3.63, 3.8) is 0 Å². The molecule has 6 nitrogen and oxygen atoms in total. The molecule has 0 saturated heterocycles. The Balaban J connectivity index is 2.48. The van der Waals surface area contributed by atoms with E-state index >= 15 is 0 Å². The molecule has 2 rings (SSSR count). The quantitative estimate of drug-likeness (QED) is 0.639. The van der Waals surface area contributed by atoms with Gasteiger partial charge in [0.2, 0.25) is 5.78 Å². The molecule has 6 heteroatoms. The van der Waals surface area contributed by atoms with Crippen molar-refractivity contribution in [1.82, 2.24) is 14.5 Å². The average molecular weight is 262 g/mol. The van der Waals surface area contributed by atoms with Gasteiger partial charge in [-0.1, -0.05) is 0 Å². The predicted octanol–water partition coefficient (Wildman–Crippen LogP) is 1.13. The molecule has 0 fully saturated rings. The summed E-state index contributed by atoms with van der Waals surface area (Å²) < 4.78 is 3.10. The summed E-state index contributed by atoms with van der Waals surface area (Å²) in [7, 11) is 0. The molecule has 19 heavy (non-hydrogen) atoms. The molecular formula is C13H18N4O2. The van der Waals surface area contributed by atoms with Gasteiger partial charge in [0.25, 0.3) is 0 Å². The second-order valence-corrected chi connectivity index (χ2v) is 4.81. The number of rotatable bonds is 4. The molecule has 0 atom stereocenters. The van der Waals surface area contributed by atoms with Crippen LogP contribution in [0, 0.1) is 6.92 Å². The molecule has 0 radical (unpaired) electrons. The standard InChI is InChI=1S/C13H18N4O2/c1-8(2)17-5-10(4-15-17)11-6-16(14)13(9(11)3)12(19)7-18/h4-6,8,18H,7,14H2,1-3H3. The van der Waals surface area contributed by atoms with E-state index in [1.54, 1.807) is 12.4 Å². The van der Waals surface area contributed by atoms with Crippen LogP contribution < -0.4 is 5.84 Å². The maximum absolute atomic E-state index is 11.6. The van der Waals surface area contributed by atoms with Gasteiger partial charge in [0.1, 0.15) is 12.3 Å². The monoisotopic (exact) mass is 262 g/mol. The number of nitrogen functional groups attached to an aromatic ring is 1. The maximum atomic E-state index is 11.6. The summed E-state index contributed by atoms with van der Waals surface area (Å²) in [6.07, 6.45) is 5.34. The Morgan fingerprint density at radius 2 is 2.16 bits per heavy atom. The number of carbonyl (C=O) groups excluding carboxylic acids is 1. The largest absolute Gasteiger partial charge is 0.388 e.